The van der Waals surface area contributed by atoms with E-state index in [1.807, 2.05) is 37.3 Å². The van der Waals surface area contributed by atoms with Gasteiger partial charge in [0.2, 0.25) is 0 Å². The molecule has 0 aliphatic rings. The van der Waals surface area contributed by atoms with Crippen LogP contribution in [0.4, 0.5) is 4.39 Å². The van der Waals surface area contributed by atoms with Crippen LogP contribution in [0.15, 0.2) is 48.5 Å². The molecule has 0 aromatic heterocycles. The molecule has 19 heavy (non-hydrogen) atoms. The van der Waals surface area contributed by atoms with Crippen LogP contribution in [-0.2, 0) is 0 Å². The highest BCUT2D eigenvalue weighted by molar-refractivity contribution is 6.30. The number of halogens is 2. The van der Waals surface area contributed by atoms with Gasteiger partial charge in [0.25, 0.3) is 0 Å². The van der Waals surface area contributed by atoms with Crippen LogP contribution >= 0.6 is 11.6 Å². The molecule has 2 atom stereocenters. The fraction of sp³-hybridized carbons (Fsp3) is 0.200. The van der Waals surface area contributed by atoms with Crippen LogP contribution in [0.1, 0.15) is 18.6 Å². The lowest BCUT2D eigenvalue weighted by atomic mass is 10.0. The van der Waals surface area contributed by atoms with Crippen LogP contribution in [0.2, 0.25) is 5.02 Å². The van der Waals surface area contributed by atoms with Crippen molar-refractivity contribution >= 4 is 11.6 Å². The second kappa shape index (κ2) is 6.04. The summed E-state index contributed by atoms with van der Waals surface area (Å²) in [6.07, 6.45) is -0.422. The van der Waals surface area contributed by atoms with Crippen molar-refractivity contribution < 1.29 is 9.13 Å². The summed E-state index contributed by atoms with van der Waals surface area (Å²) in [5.41, 5.74) is 6.82. The van der Waals surface area contributed by atoms with E-state index in [-0.39, 0.29) is 16.8 Å². The van der Waals surface area contributed by atoms with Gasteiger partial charge in [-0.05, 0) is 24.6 Å². The number of nitrogens with two attached hydrogens (primary N) is 1. The third-order valence-electron chi connectivity index (χ3n) is 2.78. The quantitative estimate of drug-likeness (QED) is 0.920. The Labute approximate surface area is 117 Å². The third-order valence-corrected chi connectivity index (χ3v) is 3.07. The van der Waals surface area contributed by atoms with E-state index in [0.717, 1.165) is 5.56 Å². The summed E-state index contributed by atoms with van der Waals surface area (Å²) >= 11 is 5.74. The van der Waals surface area contributed by atoms with Gasteiger partial charge in [-0.25, -0.2) is 4.39 Å². The number of rotatable bonds is 4. The lowest BCUT2D eigenvalue weighted by Crippen LogP contribution is -2.29. The fourth-order valence-electron chi connectivity index (χ4n) is 1.83. The Hall–Kier alpha value is -1.58. The maximum atomic E-state index is 13.8. The lowest BCUT2D eigenvalue weighted by Gasteiger charge is -2.23. The largest absolute Gasteiger partial charge is 0.481 e. The molecule has 2 aromatic rings. The smallest absolute Gasteiger partial charge is 0.183 e. The molecule has 100 valence electrons. The first kappa shape index (κ1) is 13.8. The monoisotopic (exact) mass is 279 g/mol. The van der Waals surface area contributed by atoms with Crippen LogP contribution in [-0.4, -0.2) is 6.04 Å². The summed E-state index contributed by atoms with van der Waals surface area (Å²) in [5, 5.41) is 0.0361. The number of ether oxygens (including phenoxy) is 1. The van der Waals surface area contributed by atoms with Crippen molar-refractivity contribution in [2.75, 3.05) is 0 Å². The van der Waals surface area contributed by atoms with E-state index in [1.54, 1.807) is 12.1 Å². The van der Waals surface area contributed by atoms with Crippen molar-refractivity contribution in [2.45, 2.75) is 19.1 Å². The van der Waals surface area contributed by atoms with E-state index in [0.29, 0.717) is 0 Å². The van der Waals surface area contributed by atoms with Crippen molar-refractivity contribution in [1.29, 1.82) is 0 Å². The Morgan fingerprint density at radius 1 is 1.11 bits per heavy atom. The van der Waals surface area contributed by atoms with Crippen LogP contribution in [0, 0.1) is 5.82 Å². The minimum Gasteiger partial charge on any atom is -0.481 e. The van der Waals surface area contributed by atoms with Crippen molar-refractivity contribution in [1.82, 2.24) is 0 Å². The molecule has 0 spiro atoms. The van der Waals surface area contributed by atoms with Gasteiger partial charge >= 0.3 is 0 Å². The standard InChI is InChI=1S/C15H15ClFNO/c1-10(18)15(11-6-3-2-4-7-11)19-13-9-5-8-12(16)14(13)17/h2-10,15H,18H2,1H3. The number of benzene rings is 2. The highest BCUT2D eigenvalue weighted by Gasteiger charge is 2.20. The molecular formula is C15H15ClFNO. The molecule has 0 fully saturated rings. The molecule has 2 nitrogen and oxygen atoms in total. The normalized spacial score (nSPS) is 13.9. The van der Waals surface area contributed by atoms with Crippen LogP contribution in [0.3, 0.4) is 0 Å². The molecule has 0 saturated carbocycles. The van der Waals surface area contributed by atoms with E-state index in [4.69, 9.17) is 22.1 Å². The minimum absolute atomic E-state index is 0.0361. The minimum atomic E-state index is -0.564. The molecule has 2 N–H and O–H groups in total. The molecule has 0 heterocycles. The highest BCUT2D eigenvalue weighted by Crippen LogP contribution is 2.29. The van der Waals surface area contributed by atoms with Gasteiger partial charge in [-0.3, -0.25) is 0 Å². The molecule has 0 aliphatic carbocycles. The van der Waals surface area contributed by atoms with Gasteiger partial charge in [0.15, 0.2) is 11.6 Å². The van der Waals surface area contributed by atoms with Crippen molar-refractivity contribution in [3.63, 3.8) is 0 Å². The Morgan fingerprint density at radius 3 is 2.42 bits per heavy atom. The van der Waals surface area contributed by atoms with E-state index >= 15 is 0 Å². The molecule has 0 amide bonds. The first-order valence-electron chi connectivity index (χ1n) is 6.01. The molecule has 0 aliphatic heterocycles. The number of hydrogen-bond donors (Lipinski definition) is 1. The summed E-state index contributed by atoms with van der Waals surface area (Å²) in [4.78, 5) is 0. The lowest BCUT2D eigenvalue weighted by molar-refractivity contribution is 0.172. The number of hydrogen-bond acceptors (Lipinski definition) is 2. The molecule has 0 saturated heterocycles. The second-order valence-electron chi connectivity index (χ2n) is 4.36. The first-order chi connectivity index (χ1) is 9.09. The Morgan fingerprint density at radius 2 is 1.79 bits per heavy atom. The Balaban J connectivity index is 2.30. The zero-order valence-corrected chi connectivity index (χ0v) is 11.3. The molecule has 2 rings (SSSR count). The van der Waals surface area contributed by atoms with Crippen molar-refractivity contribution in [3.05, 3.63) is 64.9 Å². The van der Waals surface area contributed by atoms with Crippen molar-refractivity contribution in [2.24, 2.45) is 5.73 Å². The SMILES string of the molecule is CC(N)C(Oc1cccc(Cl)c1F)c1ccccc1. The van der Waals surface area contributed by atoms with Gasteiger partial charge in [-0.1, -0.05) is 48.0 Å². The van der Waals surface area contributed by atoms with E-state index in [9.17, 15) is 4.39 Å². The van der Waals surface area contributed by atoms with Gasteiger partial charge in [0.05, 0.1) is 5.02 Å². The van der Waals surface area contributed by atoms with E-state index in [1.165, 1.54) is 6.07 Å². The Kier molecular flexibility index (Phi) is 4.40. The predicted octanol–water partition coefficient (Wildman–Crippen LogP) is 3.95. The summed E-state index contributed by atoms with van der Waals surface area (Å²) in [6.45, 7) is 1.82. The fourth-order valence-corrected chi connectivity index (χ4v) is 2.00. The molecule has 0 radical (unpaired) electrons. The first-order valence-corrected chi connectivity index (χ1v) is 6.38. The zero-order chi connectivity index (χ0) is 13.8. The Bertz CT molecular complexity index is 545. The second-order valence-corrected chi connectivity index (χ2v) is 4.77. The van der Waals surface area contributed by atoms with Gasteiger partial charge in [0, 0.05) is 6.04 Å². The van der Waals surface area contributed by atoms with Crippen LogP contribution in [0.5, 0.6) is 5.75 Å². The summed E-state index contributed by atoms with van der Waals surface area (Å²) in [5.74, 6) is -0.454. The molecule has 2 aromatic carbocycles. The summed E-state index contributed by atoms with van der Waals surface area (Å²) in [6, 6.07) is 13.9. The van der Waals surface area contributed by atoms with Gasteiger partial charge in [-0.2, -0.15) is 0 Å². The van der Waals surface area contributed by atoms with Crippen molar-refractivity contribution in [3.8, 4) is 5.75 Å². The molecule has 0 bridgehead atoms. The maximum absolute atomic E-state index is 13.8. The average molecular weight is 280 g/mol. The van der Waals surface area contributed by atoms with Gasteiger partial charge < -0.3 is 10.5 Å². The highest BCUT2D eigenvalue weighted by atomic mass is 35.5. The van der Waals surface area contributed by atoms with Gasteiger partial charge in [0.1, 0.15) is 6.10 Å². The predicted molar refractivity (Wildman–Crippen MR) is 74.9 cm³/mol. The van der Waals surface area contributed by atoms with Gasteiger partial charge in [-0.15, -0.1) is 0 Å². The summed E-state index contributed by atoms with van der Waals surface area (Å²) in [7, 11) is 0. The van der Waals surface area contributed by atoms with Crippen LogP contribution in [0.25, 0.3) is 0 Å². The summed E-state index contributed by atoms with van der Waals surface area (Å²) < 4.78 is 19.5. The van der Waals surface area contributed by atoms with E-state index in [2.05, 4.69) is 0 Å². The molecular weight excluding hydrogens is 265 g/mol. The zero-order valence-electron chi connectivity index (χ0n) is 10.5. The molecule has 2 unspecified atom stereocenters. The topological polar surface area (TPSA) is 35.2 Å². The third kappa shape index (κ3) is 3.25. The average Bonchev–Trinajstić information content (AvgIpc) is 2.41. The van der Waals surface area contributed by atoms with E-state index < -0.39 is 11.9 Å². The van der Waals surface area contributed by atoms with Crippen LogP contribution < -0.4 is 10.5 Å². The molecule has 4 heteroatoms. The maximum Gasteiger partial charge on any atom is 0.183 e.